The summed E-state index contributed by atoms with van der Waals surface area (Å²) >= 11 is 0. The molecule has 3 unspecified atom stereocenters. The van der Waals surface area contributed by atoms with Gasteiger partial charge in [-0.3, -0.25) is 23.6 Å². The number of H-pyrrole nitrogens is 1. The fourth-order valence-electron chi connectivity index (χ4n) is 9.45. The Morgan fingerprint density at radius 2 is 1.87 bits per heavy atom. The zero-order valence-corrected chi connectivity index (χ0v) is 41.5. The minimum atomic E-state index is -5.72. The molecular weight excluding hydrogens is 1000 g/mol. The van der Waals surface area contributed by atoms with Gasteiger partial charge in [-0.05, 0) is 70.6 Å². The quantitative estimate of drug-likeness (QED) is 0.0305. The summed E-state index contributed by atoms with van der Waals surface area (Å²) in [4.78, 5) is 76.8. The van der Waals surface area contributed by atoms with E-state index in [1.54, 1.807) is 0 Å². The summed E-state index contributed by atoms with van der Waals surface area (Å²) in [7, 11) is -21.0. The Balaban J connectivity index is 0.925. The summed E-state index contributed by atoms with van der Waals surface area (Å²) in [5, 5.41) is 4.64. The Labute approximate surface area is 399 Å². The Bertz CT molecular complexity index is 3290. The van der Waals surface area contributed by atoms with Gasteiger partial charge in [-0.2, -0.15) is 22.0 Å². The van der Waals surface area contributed by atoms with Crippen molar-refractivity contribution in [3.8, 4) is 23.3 Å². The van der Waals surface area contributed by atoms with E-state index in [0.29, 0.717) is 53.2 Å². The van der Waals surface area contributed by atoms with Crippen molar-refractivity contribution in [1.29, 1.82) is 0 Å². The summed E-state index contributed by atoms with van der Waals surface area (Å²) in [6, 6.07) is 7.79. The highest BCUT2D eigenvalue weighted by molar-refractivity contribution is 7.85. The molecule has 25 nitrogen and oxygen atoms in total. The van der Waals surface area contributed by atoms with Gasteiger partial charge in [0, 0.05) is 54.4 Å². The average Bonchev–Trinajstić information content (AvgIpc) is 3.86. The minimum Gasteiger partial charge on any atom is -0.452 e. The number of aryl methyl sites for hydroxylation is 1. The van der Waals surface area contributed by atoms with E-state index in [-0.39, 0.29) is 54.3 Å². The van der Waals surface area contributed by atoms with Crippen molar-refractivity contribution in [2.75, 3.05) is 49.2 Å². The second-order valence-electron chi connectivity index (χ2n) is 17.8. The highest BCUT2D eigenvalue weighted by Crippen LogP contribution is 2.66. The van der Waals surface area contributed by atoms with Crippen LogP contribution in [0.2, 0.25) is 0 Å². The number of nitrogens with two attached hydrogens (primary N) is 1. The number of carbonyl (C=O) groups is 1. The standard InChI is InChI=1S/C41H51N8O17P3S/c1-4-47-14-6-9-24-16-29-33(18-31(24)47)64-34-19-32-28(17-30(34)44-29)26(23-70(59,60)61)20-41(2,3)49(32)15-7-10-35(50)43-13-5-8-25-21-48(38-37(25)39(51)46-40(42)45-38)36-12-11-27(63-36)22-62-68(55,56)66-69(57,58)65-67(52,53)54/h16-19,21,26-27,36H,4,6-7,9-15,20,22-23H2,1-3H3,(H8-,42,43,45,46,50,51,52,53,54,55,56,57,58,59,60,61)/p+1/t26?,27-,36+/m0/s1. The summed E-state index contributed by atoms with van der Waals surface area (Å²) in [6.45, 7) is 7.51. The first-order valence-corrected chi connectivity index (χ1v) is 28.2. The molecule has 5 atom stereocenters. The van der Waals surface area contributed by atoms with Gasteiger partial charge in [0.05, 0.1) is 42.0 Å². The molecule has 29 heteroatoms. The molecule has 1 fully saturated rings. The third-order valence-electron chi connectivity index (χ3n) is 12.3. The summed E-state index contributed by atoms with van der Waals surface area (Å²) in [5.41, 5.74) is 8.09. The van der Waals surface area contributed by atoms with Crippen LogP contribution >= 0.6 is 23.5 Å². The number of amides is 1. The molecular formula is C41H52N8O17P3S+. The van der Waals surface area contributed by atoms with Gasteiger partial charge in [-0.1, -0.05) is 11.8 Å². The molecule has 0 bridgehead atoms. The lowest BCUT2D eigenvalue weighted by atomic mass is 9.79. The number of phosphoric acid groups is 3. The van der Waals surface area contributed by atoms with Crippen LogP contribution in [0.4, 0.5) is 17.3 Å². The zero-order chi connectivity index (χ0) is 50.6. The molecule has 6 heterocycles. The molecule has 0 aliphatic carbocycles. The normalized spacial score (nSPS) is 21.2. The van der Waals surface area contributed by atoms with Crippen LogP contribution in [0.15, 0.2) is 40.2 Å². The molecule has 70 heavy (non-hydrogen) atoms. The van der Waals surface area contributed by atoms with Crippen molar-refractivity contribution < 1.29 is 73.7 Å². The van der Waals surface area contributed by atoms with Gasteiger partial charge in [0.15, 0.2) is 17.1 Å². The number of hydrogen-bond donors (Lipinski definition) is 8. The molecule has 4 aromatic rings. The number of anilines is 2. The molecule has 0 spiro atoms. The van der Waals surface area contributed by atoms with Crippen LogP contribution in [-0.4, -0.2) is 103 Å². The molecule has 2 aromatic heterocycles. The third-order valence-corrected chi connectivity index (χ3v) is 16.9. The number of rotatable bonds is 16. The van der Waals surface area contributed by atoms with Gasteiger partial charge in [-0.15, -0.1) is 0 Å². The van der Waals surface area contributed by atoms with Crippen LogP contribution in [0, 0.1) is 11.8 Å². The van der Waals surface area contributed by atoms with Gasteiger partial charge < -0.3 is 49.6 Å². The molecule has 1 saturated heterocycles. The van der Waals surface area contributed by atoms with E-state index in [0.717, 1.165) is 31.3 Å². The van der Waals surface area contributed by atoms with Gasteiger partial charge >= 0.3 is 23.5 Å². The smallest absolute Gasteiger partial charge is 0.452 e. The number of phosphoric ester groups is 1. The molecule has 9 N–H and O–H groups in total. The van der Waals surface area contributed by atoms with Crippen molar-refractivity contribution in [2.24, 2.45) is 4.99 Å². The van der Waals surface area contributed by atoms with Crippen LogP contribution in [-0.2, 0) is 52.9 Å². The first-order chi connectivity index (χ1) is 32.8. The lowest BCUT2D eigenvalue weighted by Gasteiger charge is -2.48. The van der Waals surface area contributed by atoms with Crippen molar-refractivity contribution in [3.05, 3.63) is 68.2 Å². The van der Waals surface area contributed by atoms with E-state index < -0.39 is 75.3 Å². The summed E-state index contributed by atoms with van der Waals surface area (Å²) < 4.78 is 97.8. The average molecular weight is 1050 g/mol. The number of aromatic nitrogens is 3. The first kappa shape index (κ1) is 51.5. The lowest BCUT2D eigenvalue weighted by molar-refractivity contribution is -0.120. The van der Waals surface area contributed by atoms with Crippen molar-refractivity contribution in [3.63, 3.8) is 0 Å². The highest BCUT2D eigenvalue weighted by Gasteiger charge is 2.43. The van der Waals surface area contributed by atoms with E-state index >= 15 is 0 Å². The molecule has 1 amide bonds. The van der Waals surface area contributed by atoms with Gasteiger partial charge in [0.1, 0.15) is 30.4 Å². The van der Waals surface area contributed by atoms with Crippen LogP contribution in [0.3, 0.4) is 0 Å². The fourth-order valence-corrected chi connectivity index (χ4v) is 13.3. The number of carbonyl (C=O) groups excluding carboxylic acids is 1. The number of benzene rings is 2. The second-order valence-corrected chi connectivity index (χ2v) is 23.7. The molecule has 0 radical (unpaired) electrons. The van der Waals surface area contributed by atoms with Crippen LogP contribution in [0.1, 0.15) is 88.1 Å². The maximum Gasteiger partial charge on any atom is 0.490 e. The summed E-state index contributed by atoms with van der Waals surface area (Å²) in [5.74, 6) is 5.32. The van der Waals surface area contributed by atoms with E-state index in [4.69, 9.17) is 34.5 Å². The Morgan fingerprint density at radius 3 is 2.60 bits per heavy atom. The highest BCUT2D eigenvalue weighted by atomic mass is 32.2. The molecule has 0 saturated carbocycles. The Hall–Kier alpha value is -4.83. The maximum absolute atomic E-state index is 13.2. The maximum atomic E-state index is 13.2. The van der Waals surface area contributed by atoms with Gasteiger partial charge in [-0.25, -0.2) is 23.3 Å². The van der Waals surface area contributed by atoms with Crippen molar-refractivity contribution in [2.45, 2.75) is 89.5 Å². The molecule has 2 aromatic carbocycles. The number of nitrogens with one attached hydrogen (secondary N) is 2. The van der Waals surface area contributed by atoms with Crippen molar-refractivity contribution in [1.82, 2.24) is 24.4 Å². The summed E-state index contributed by atoms with van der Waals surface area (Å²) in [6.07, 6.45) is 3.02. The predicted octanol–water partition coefficient (Wildman–Crippen LogP) is 2.75. The van der Waals surface area contributed by atoms with Gasteiger partial charge in [0.2, 0.25) is 17.2 Å². The monoisotopic (exact) mass is 1050 g/mol. The second kappa shape index (κ2) is 19.6. The van der Waals surface area contributed by atoms with Crippen LogP contribution in [0.5, 0.6) is 11.5 Å². The molecule has 378 valence electrons. The first-order valence-electron chi connectivity index (χ1n) is 22.1. The SMILES string of the molecule is CC[N+]1=c2cc3c(cc2CCC1)=Nc1cc2c(cc1O3)N(CCCC(=O)NCC#Cc1cn([C@H]3CC[C@@H](COP(=O)(O)OP(=O)(O)OP(=O)(O)O)O3)c3nc(N)[nH]c(=O)c13)C(C)(C)CC2CS(=O)(=O)O. The van der Waals surface area contributed by atoms with Crippen LogP contribution < -0.4 is 41.5 Å². The number of aromatic amines is 1. The zero-order valence-electron chi connectivity index (χ0n) is 38.0. The number of fused-ring (bicyclic) bond motifs is 5. The van der Waals surface area contributed by atoms with Crippen LogP contribution in [0.25, 0.3) is 11.0 Å². The van der Waals surface area contributed by atoms with E-state index in [1.807, 2.05) is 32.0 Å². The molecule has 4 aliphatic heterocycles. The van der Waals surface area contributed by atoms with E-state index in [2.05, 4.69) is 58.2 Å². The number of hydrogen-bond acceptors (Lipinski definition) is 16. The molecule has 4 aliphatic rings. The van der Waals surface area contributed by atoms with Gasteiger partial charge in [0.25, 0.3) is 15.7 Å². The fraction of sp³-hybridized carbons (Fsp3) is 0.488. The number of ether oxygens (including phenoxy) is 2. The Morgan fingerprint density at radius 1 is 1.10 bits per heavy atom. The lowest BCUT2D eigenvalue weighted by Crippen LogP contribution is -2.50. The molecule has 8 rings (SSSR count). The largest absolute Gasteiger partial charge is 0.490 e. The van der Waals surface area contributed by atoms with Crippen molar-refractivity contribution >= 4 is 67.8 Å². The topological polar surface area (TPSA) is 357 Å². The predicted molar refractivity (Wildman–Crippen MR) is 250 cm³/mol. The number of nitrogen functional groups attached to an aromatic ring is 1. The Kier molecular flexibility index (Phi) is 14.5. The minimum absolute atomic E-state index is 0.0585. The number of nitrogens with zero attached hydrogens (tertiary/aromatic N) is 5. The third kappa shape index (κ3) is 11.9. The van der Waals surface area contributed by atoms with E-state index in [9.17, 15) is 46.0 Å². The van der Waals surface area contributed by atoms with E-state index in [1.165, 1.54) is 16.3 Å².